The molecule has 0 amide bonds. The summed E-state index contributed by atoms with van der Waals surface area (Å²) in [5.74, 6) is -3.38. The number of hydrogen-bond donors (Lipinski definition) is 0. The minimum Gasteiger partial charge on any atom is -0.298 e. The molecule has 2 aromatic carbocycles. The van der Waals surface area contributed by atoms with Crippen molar-refractivity contribution in [2.24, 2.45) is 0 Å². The van der Waals surface area contributed by atoms with Crippen molar-refractivity contribution in [3.63, 3.8) is 0 Å². The van der Waals surface area contributed by atoms with Crippen LogP contribution >= 0.6 is 15.9 Å². The van der Waals surface area contributed by atoms with Gasteiger partial charge >= 0.3 is 0 Å². The molecule has 3 rings (SSSR count). The zero-order valence-corrected chi connectivity index (χ0v) is 13.3. The average Bonchev–Trinajstić information content (AvgIpc) is 2.83. The highest BCUT2D eigenvalue weighted by Gasteiger charge is 2.21. The average molecular weight is 399 g/mol. The minimum absolute atomic E-state index is 0.00348. The Bertz CT molecular complexity index is 935. The molecule has 122 valence electrons. The molecular weight excluding hydrogens is 392 g/mol. The standard InChI is InChI=1S/C16H7BrF4N2O/c17-16-13(7-24)15(12-2-1-8(18)6-14(12)21)22-23(16)11-4-9(19)3-10(20)5-11/h1-7H. The van der Waals surface area contributed by atoms with Crippen molar-refractivity contribution >= 4 is 22.2 Å². The third-order valence-electron chi connectivity index (χ3n) is 3.26. The lowest BCUT2D eigenvalue weighted by molar-refractivity contribution is 0.112. The molecule has 24 heavy (non-hydrogen) atoms. The van der Waals surface area contributed by atoms with Gasteiger partial charge in [-0.15, -0.1) is 0 Å². The van der Waals surface area contributed by atoms with Crippen molar-refractivity contribution in [2.75, 3.05) is 0 Å². The first-order valence-electron chi connectivity index (χ1n) is 6.56. The molecule has 0 unspecified atom stereocenters. The highest BCUT2D eigenvalue weighted by Crippen LogP contribution is 2.32. The lowest BCUT2D eigenvalue weighted by Crippen LogP contribution is -1.99. The van der Waals surface area contributed by atoms with Gasteiger partial charge in [0.2, 0.25) is 0 Å². The van der Waals surface area contributed by atoms with Crippen LogP contribution < -0.4 is 0 Å². The van der Waals surface area contributed by atoms with Crippen molar-refractivity contribution in [3.8, 4) is 16.9 Å². The van der Waals surface area contributed by atoms with Gasteiger partial charge in [-0.1, -0.05) is 0 Å². The van der Waals surface area contributed by atoms with E-state index in [1.165, 1.54) is 0 Å². The number of aldehydes is 1. The summed E-state index contributed by atoms with van der Waals surface area (Å²) in [4.78, 5) is 11.4. The van der Waals surface area contributed by atoms with E-state index in [4.69, 9.17) is 0 Å². The van der Waals surface area contributed by atoms with Crippen LogP contribution in [0.1, 0.15) is 10.4 Å². The molecule has 0 radical (unpaired) electrons. The Morgan fingerprint density at radius 1 is 0.958 bits per heavy atom. The number of aromatic nitrogens is 2. The van der Waals surface area contributed by atoms with Crippen molar-refractivity contribution in [1.82, 2.24) is 9.78 Å². The predicted molar refractivity (Wildman–Crippen MR) is 81.9 cm³/mol. The van der Waals surface area contributed by atoms with Crippen LogP contribution in [-0.4, -0.2) is 16.1 Å². The molecule has 0 saturated heterocycles. The van der Waals surface area contributed by atoms with E-state index >= 15 is 0 Å². The number of nitrogens with zero attached hydrogens (tertiary/aromatic N) is 2. The SMILES string of the molecule is O=Cc1c(-c2ccc(F)cc2F)nn(-c2cc(F)cc(F)c2)c1Br. The largest absolute Gasteiger partial charge is 0.298 e. The molecule has 1 heterocycles. The van der Waals surface area contributed by atoms with E-state index in [2.05, 4.69) is 21.0 Å². The first-order chi connectivity index (χ1) is 11.4. The second-order valence-corrected chi connectivity index (χ2v) is 5.59. The van der Waals surface area contributed by atoms with E-state index in [1.54, 1.807) is 0 Å². The summed E-state index contributed by atoms with van der Waals surface area (Å²) >= 11 is 3.11. The molecule has 3 nitrogen and oxygen atoms in total. The molecule has 0 spiro atoms. The van der Waals surface area contributed by atoms with Gasteiger partial charge < -0.3 is 0 Å². The van der Waals surface area contributed by atoms with Gasteiger partial charge in [-0.2, -0.15) is 5.10 Å². The monoisotopic (exact) mass is 398 g/mol. The Kier molecular flexibility index (Phi) is 4.23. The Hall–Kier alpha value is -2.48. The maximum absolute atomic E-state index is 14.0. The van der Waals surface area contributed by atoms with Gasteiger partial charge in [0.25, 0.3) is 0 Å². The molecule has 0 aliphatic rings. The fourth-order valence-corrected chi connectivity index (χ4v) is 2.79. The van der Waals surface area contributed by atoms with Gasteiger partial charge in [-0.3, -0.25) is 4.79 Å². The van der Waals surface area contributed by atoms with E-state index in [9.17, 15) is 22.4 Å². The summed E-state index contributed by atoms with van der Waals surface area (Å²) in [7, 11) is 0. The lowest BCUT2D eigenvalue weighted by atomic mass is 10.1. The molecule has 3 aromatic rings. The van der Waals surface area contributed by atoms with Crippen molar-refractivity contribution in [2.45, 2.75) is 0 Å². The highest BCUT2D eigenvalue weighted by atomic mass is 79.9. The summed E-state index contributed by atoms with van der Waals surface area (Å²) in [5.41, 5.74) is -0.240. The summed E-state index contributed by atoms with van der Waals surface area (Å²) in [5, 5.41) is 4.04. The third-order valence-corrected chi connectivity index (χ3v) is 4.02. The van der Waals surface area contributed by atoms with Crippen LogP contribution in [0.25, 0.3) is 16.9 Å². The molecule has 0 saturated carbocycles. The zero-order valence-electron chi connectivity index (χ0n) is 11.7. The smallest absolute Gasteiger partial charge is 0.155 e. The van der Waals surface area contributed by atoms with E-state index in [0.29, 0.717) is 18.4 Å². The van der Waals surface area contributed by atoms with E-state index in [1.807, 2.05) is 0 Å². The fraction of sp³-hybridized carbons (Fsp3) is 0. The zero-order chi connectivity index (χ0) is 17.4. The summed E-state index contributed by atoms with van der Waals surface area (Å²) in [6.45, 7) is 0. The normalized spacial score (nSPS) is 10.9. The summed E-state index contributed by atoms with van der Waals surface area (Å²) in [6, 6.07) is 5.48. The second kappa shape index (κ2) is 6.20. The van der Waals surface area contributed by atoms with Crippen molar-refractivity contribution in [3.05, 3.63) is 69.8 Å². The van der Waals surface area contributed by atoms with Gasteiger partial charge in [0.15, 0.2) is 6.29 Å². The van der Waals surface area contributed by atoms with Gasteiger partial charge in [-0.25, -0.2) is 22.2 Å². The Balaban J connectivity index is 2.24. The van der Waals surface area contributed by atoms with Crippen LogP contribution in [0, 0.1) is 23.3 Å². The highest BCUT2D eigenvalue weighted by molar-refractivity contribution is 9.10. The van der Waals surface area contributed by atoms with E-state index in [-0.39, 0.29) is 27.1 Å². The molecular formula is C16H7BrF4N2O. The summed E-state index contributed by atoms with van der Waals surface area (Å²) < 4.78 is 55.0. The Labute approximate surface area is 141 Å². The first kappa shape index (κ1) is 16.4. The molecule has 0 bridgehead atoms. The maximum Gasteiger partial charge on any atom is 0.155 e. The Morgan fingerprint density at radius 3 is 2.21 bits per heavy atom. The van der Waals surface area contributed by atoms with Crippen molar-refractivity contribution in [1.29, 1.82) is 0 Å². The molecule has 0 aliphatic heterocycles. The number of hydrogen-bond acceptors (Lipinski definition) is 2. The van der Waals surface area contributed by atoms with Crippen LogP contribution in [0.15, 0.2) is 41.0 Å². The minimum atomic E-state index is -0.916. The number of rotatable bonds is 3. The third kappa shape index (κ3) is 2.84. The predicted octanol–water partition coefficient (Wildman–Crippen LogP) is 4.67. The second-order valence-electron chi connectivity index (χ2n) is 4.83. The van der Waals surface area contributed by atoms with Crippen LogP contribution in [0.3, 0.4) is 0 Å². The molecule has 1 aromatic heterocycles. The van der Waals surface area contributed by atoms with Gasteiger partial charge in [0, 0.05) is 17.7 Å². The lowest BCUT2D eigenvalue weighted by Gasteiger charge is -2.04. The van der Waals surface area contributed by atoms with Crippen LogP contribution in [0.5, 0.6) is 0 Å². The molecule has 0 N–H and O–H groups in total. The van der Waals surface area contributed by atoms with Crippen LogP contribution in [-0.2, 0) is 0 Å². The summed E-state index contributed by atoms with van der Waals surface area (Å²) in [6.07, 6.45) is 0.418. The molecule has 0 atom stereocenters. The topological polar surface area (TPSA) is 34.9 Å². The Morgan fingerprint density at radius 2 is 1.62 bits per heavy atom. The number of benzene rings is 2. The fourth-order valence-electron chi connectivity index (χ4n) is 2.23. The first-order valence-corrected chi connectivity index (χ1v) is 7.35. The number of carbonyl (C=O) groups excluding carboxylic acids is 1. The van der Waals surface area contributed by atoms with Gasteiger partial charge in [0.05, 0.1) is 11.3 Å². The number of halogens is 5. The van der Waals surface area contributed by atoms with E-state index < -0.39 is 23.3 Å². The molecule has 8 heteroatoms. The van der Waals surface area contributed by atoms with E-state index in [0.717, 1.165) is 28.9 Å². The van der Waals surface area contributed by atoms with Crippen LogP contribution in [0.4, 0.5) is 17.6 Å². The van der Waals surface area contributed by atoms with Crippen LogP contribution in [0.2, 0.25) is 0 Å². The number of carbonyl (C=O) groups is 1. The molecule has 0 fully saturated rings. The van der Waals surface area contributed by atoms with Gasteiger partial charge in [-0.05, 0) is 40.2 Å². The molecule has 0 aliphatic carbocycles. The van der Waals surface area contributed by atoms with Gasteiger partial charge in [0.1, 0.15) is 33.6 Å². The quantitative estimate of drug-likeness (QED) is 0.474. The van der Waals surface area contributed by atoms with Crippen molar-refractivity contribution < 1.29 is 22.4 Å². The maximum atomic E-state index is 14.0.